The fourth-order valence-electron chi connectivity index (χ4n) is 2.54. The highest BCUT2D eigenvalue weighted by Crippen LogP contribution is 2.33. The number of aliphatic carboxylic acids is 1. The number of carboxylic acid groups (broad SMARTS) is 1. The lowest BCUT2D eigenvalue weighted by Gasteiger charge is -2.26. The minimum atomic E-state index is -0.954. The predicted octanol–water partition coefficient (Wildman–Crippen LogP) is 1.27. The number of nitrogens with zero attached hydrogens (tertiary/aromatic N) is 1. The Labute approximate surface area is 118 Å². The van der Waals surface area contributed by atoms with E-state index in [0.29, 0.717) is 13.0 Å². The zero-order valence-electron chi connectivity index (χ0n) is 11.8. The van der Waals surface area contributed by atoms with Crippen molar-refractivity contribution in [3.05, 3.63) is 29.8 Å². The molecule has 108 valence electrons. The molecule has 1 aromatic carbocycles. The Balaban J connectivity index is 2.26. The van der Waals surface area contributed by atoms with E-state index in [1.807, 2.05) is 38.1 Å². The molecule has 20 heavy (non-hydrogen) atoms. The highest BCUT2D eigenvalue weighted by molar-refractivity contribution is 6.02. The number of carbonyl (C=O) groups is 2. The summed E-state index contributed by atoms with van der Waals surface area (Å²) in [5.74, 6) is -1.34. The molecule has 1 aliphatic heterocycles. The summed E-state index contributed by atoms with van der Waals surface area (Å²) in [5.41, 5.74) is 1.65. The molecule has 0 radical (unpaired) electrons. The van der Waals surface area contributed by atoms with Gasteiger partial charge in [0.15, 0.2) is 0 Å². The van der Waals surface area contributed by atoms with Gasteiger partial charge in [0, 0.05) is 24.6 Å². The highest BCUT2D eigenvalue weighted by atomic mass is 16.4. The Kier molecular flexibility index (Phi) is 4.39. The van der Waals surface area contributed by atoms with Crippen molar-refractivity contribution in [1.29, 1.82) is 0 Å². The third kappa shape index (κ3) is 2.67. The van der Waals surface area contributed by atoms with Crippen LogP contribution in [0.4, 0.5) is 5.69 Å². The Bertz CT molecular complexity index is 516. The first-order valence-corrected chi connectivity index (χ1v) is 6.90. The second-order valence-corrected chi connectivity index (χ2v) is 5.10. The van der Waals surface area contributed by atoms with Crippen LogP contribution in [-0.4, -0.2) is 36.1 Å². The molecule has 1 unspecified atom stereocenters. The van der Waals surface area contributed by atoms with E-state index >= 15 is 0 Å². The van der Waals surface area contributed by atoms with E-state index < -0.39 is 12.0 Å². The van der Waals surface area contributed by atoms with Crippen molar-refractivity contribution in [2.24, 2.45) is 5.92 Å². The number of carboxylic acids is 1. The minimum absolute atomic E-state index is 0.136. The lowest BCUT2D eigenvalue weighted by Crippen LogP contribution is -2.46. The van der Waals surface area contributed by atoms with Gasteiger partial charge >= 0.3 is 5.97 Å². The van der Waals surface area contributed by atoms with Crippen LogP contribution in [0, 0.1) is 5.92 Å². The fraction of sp³-hybridized carbons (Fsp3) is 0.467. The number of fused-ring (bicyclic) bond motifs is 1. The van der Waals surface area contributed by atoms with Gasteiger partial charge < -0.3 is 10.4 Å². The topological polar surface area (TPSA) is 69.6 Å². The number of benzene rings is 1. The first-order valence-electron chi connectivity index (χ1n) is 6.90. The minimum Gasteiger partial charge on any atom is -0.480 e. The quantitative estimate of drug-likeness (QED) is 0.850. The second kappa shape index (κ2) is 6.05. The van der Waals surface area contributed by atoms with Crippen LogP contribution in [-0.2, 0) is 16.0 Å². The third-order valence-electron chi connectivity index (χ3n) is 3.62. The van der Waals surface area contributed by atoms with Crippen molar-refractivity contribution >= 4 is 17.6 Å². The van der Waals surface area contributed by atoms with E-state index in [1.54, 1.807) is 0 Å². The number of hydrogen-bond acceptors (Lipinski definition) is 3. The number of para-hydroxylation sites is 1. The molecule has 0 aliphatic carbocycles. The molecular formula is C15H20N2O3. The molecule has 5 heteroatoms. The number of anilines is 1. The number of carbonyl (C=O) groups excluding carboxylic acids is 1. The van der Waals surface area contributed by atoms with Crippen LogP contribution in [0.25, 0.3) is 0 Å². The number of amides is 1. The van der Waals surface area contributed by atoms with E-state index in [4.69, 9.17) is 0 Å². The first kappa shape index (κ1) is 14.5. The van der Waals surface area contributed by atoms with Gasteiger partial charge in [-0.15, -0.1) is 0 Å². The molecule has 0 spiro atoms. The van der Waals surface area contributed by atoms with Crippen LogP contribution < -0.4 is 10.2 Å². The summed E-state index contributed by atoms with van der Waals surface area (Å²) in [7, 11) is 0. The van der Waals surface area contributed by atoms with E-state index in [0.717, 1.165) is 17.8 Å². The van der Waals surface area contributed by atoms with Gasteiger partial charge in [-0.3, -0.25) is 9.69 Å². The molecule has 1 amide bonds. The van der Waals surface area contributed by atoms with Gasteiger partial charge in [-0.1, -0.05) is 32.0 Å². The van der Waals surface area contributed by atoms with Gasteiger partial charge in [0.1, 0.15) is 6.04 Å². The molecule has 1 aromatic rings. The van der Waals surface area contributed by atoms with E-state index in [2.05, 4.69) is 5.32 Å². The normalized spacial score (nSPS) is 18.7. The fourth-order valence-corrected chi connectivity index (χ4v) is 2.54. The summed E-state index contributed by atoms with van der Waals surface area (Å²) in [6, 6.07) is 6.61. The van der Waals surface area contributed by atoms with Crippen LogP contribution in [0.1, 0.15) is 19.4 Å². The van der Waals surface area contributed by atoms with Crippen molar-refractivity contribution in [2.75, 3.05) is 18.0 Å². The Morgan fingerprint density at radius 2 is 2.15 bits per heavy atom. The Hall–Kier alpha value is -1.88. The summed E-state index contributed by atoms with van der Waals surface area (Å²) >= 11 is 0. The monoisotopic (exact) mass is 276 g/mol. The van der Waals surface area contributed by atoms with E-state index in [9.17, 15) is 14.7 Å². The SMILES string of the molecule is CCNCC(C)C(=O)N1c2ccccc2C[C@H]1C(=O)O. The predicted molar refractivity (Wildman–Crippen MR) is 76.8 cm³/mol. The molecule has 0 aromatic heterocycles. The van der Waals surface area contributed by atoms with Gasteiger partial charge in [0.2, 0.25) is 5.91 Å². The van der Waals surface area contributed by atoms with Crippen LogP contribution in [0.2, 0.25) is 0 Å². The largest absolute Gasteiger partial charge is 0.480 e. The van der Waals surface area contributed by atoms with Crippen LogP contribution in [0.5, 0.6) is 0 Å². The van der Waals surface area contributed by atoms with E-state index in [-0.39, 0.29) is 11.8 Å². The summed E-state index contributed by atoms with van der Waals surface area (Å²) in [6.07, 6.45) is 0.380. The molecule has 0 saturated heterocycles. The summed E-state index contributed by atoms with van der Waals surface area (Å²) in [6.45, 7) is 5.14. The van der Waals surface area contributed by atoms with Gasteiger partial charge in [-0.25, -0.2) is 4.79 Å². The lowest BCUT2D eigenvalue weighted by atomic mass is 10.1. The molecule has 0 fully saturated rings. The average Bonchev–Trinajstić information content (AvgIpc) is 2.83. The third-order valence-corrected chi connectivity index (χ3v) is 3.62. The van der Waals surface area contributed by atoms with Crippen LogP contribution in [0.15, 0.2) is 24.3 Å². The molecule has 1 heterocycles. The molecule has 0 saturated carbocycles. The maximum atomic E-state index is 12.6. The number of rotatable bonds is 5. The first-order chi connectivity index (χ1) is 9.56. The smallest absolute Gasteiger partial charge is 0.327 e. The standard InChI is InChI=1S/C15H20N2O3/c1-3-16-9-10(2)14(18)17-12-7-5-4-6-11(12)8-13(17)15(19)20/h4-7,10,13,16H,3,8-9H2,1-2H3,(H,19,20)/t10?,13-/m0/s1. The Morgan fingerprint density at radius 3 is 2.80 bits per heavy atom. The molecule has 5 nitrogen and oxygen atoms in total. The molecule has 2 N–H and O–H groups in total. The van der Waals surface area contributed by atoms with Crippen molar-refractivity contribution in [3.8, 4) is 0 Å². The lowest BCUT2D eigenvalue weighted by molar-refractivity contribution is -0.140. The molecule has 2 atom stereocenters. The highest BCUT2D eigenvalue weighted by Gasteiger charge is 2.39. The Morgan fingerprint density at radius 1 is 1.45 bits per heavy atom. The van der Waals surface area contributed by atoms with Crippen molar-refractivity contribution in [2.45, 2.75) is 26.3 Å². The second-order valence-electron chi connectivity index (χ2n) is 5.10. The summed E-state index contributed by atoms with van der Waals surface area (Å²) in [4.78, 5) is 25.4. The van der Waals surface area contributed by atoms with Crippen molar-refractivity contribution in [3.63, 3.8) is 0 Å². The number of nitrogens with one attached hydrogen (secondary N) is 1. The van der Waals surface area contributed by atoms with Gasteiger partial charge in [-0.2, -0.15) is 0 Å². The van der Waals surface area contributed by atoms with Gasteiger partial charge in [-0.05, 0) is 18.2 Å². The van der Waals surface area contributed by atoms with Crippen LogP contribution >= 0.6 is 0 Å². The molecule has 2 rings (SSSR count). The molecule has 1 aliphatic rings. The zero-order valence-corrected chi connectivity index (χ0v) is 11.8. The number of hydrogen-bond donors (Lipinski definition) is 2. The average molecular weight is 276 g/mol. The van der Waals surface area contributed by atoms with Crippen molar-refractivity contribution in [1.82, 2.24) is 5.32 Å². The van der Waals surface area contributed by atoms with Gasteiger partial charge in [0.25, 0.3) is 0 Å². The molecule has 0 bridgehead atoms. The van der Waals surface area contributed by atoms with Crippen molar-refractivity contribution < 1.29 is 14.7 Å². The maximum Gasteiger partial charge on any atom is 0.327 e. The summed E-state index contributed by atoms with van der Waals surface area (Å²) < 4.78 is 0. The van der Waals surface area contributed by atoms with Gasteiger partial charge in [0.05, 0.1) is 0 Å². The zero-order chi connectivity index (χ0) is 14.7. The summed E-state index contributed by atoms with van der Waals surface area (Å²) in [5, 5.41) is 12.5. The van der Waals surface area contributed by atoms with E-state index in [1.165, 1.54) is 4.90 Å². The molecular weight excluding hydrogens is 256 g/mol. The maximum absolute atomic E-state index is 12.6. The van der Waals surface area contributed by atoms with Crippen LogP contribution in [0.3, 0.4) is 0 Å².